The van der Waals surface area contributed by atoms with Crippen LogP contribution in [0.1, 0.15) is 12.6 Å². The molecule has 1 saturated heterocycles. The van der Waals surface area contributed by atoms with E-state index in [1.54, 1.807) is 6.92 Å². The number of H-pyrrole nitrogens is 1. The molecule has 1 radical (unpaired) electrons. The molecule has 0 spiro atoms. The van der Waals surface area contributed by atoms with Gasteiger partial charge in [0.15, 0.2) is 28.6 Å². The van der Waals surface area contributed by atoms with Crippen LogP contribution >= 0.6 is 46.4 Å². The molecule has 5 aromatic heterocycles. The molecule has 40 nitrogen and oxygen atoms in total. The number of benzene rings is 6. The second kappa shape index (κ2) is 41.6. The van der Waals surface area contributed by atoms with Crippen molar-refractivity contribution in [3.8, 4) is 17.2 Å². The third kappa shape index (κ3) is 25.3. The van der Waals surface area contributed by atoms with E-state index in [0.29, 0.717) is 22.7 Å². The fourth-order valence-electron chi connectivity index (χ4n) is 9.29. The van der Waals surface area contributed by atoms with Crippen LogP contribution in [-0.2, 0) is 62.0 Å². The van der Waals surface area contributed by atoms with Gasteiger partial charge >= 0.3 is 160 Å². The number of phenolic OH excluding ortho intramolecular Hbond substituents is 2. The van der Waals surface area contributed by atoms with E-state index in [0.717, 1.165) is 82.5 Å². The maximum absolute atomic E-state index is 13.8. The number of aryl methyl sites for hydroxylation is 1. The average molecular weight is 1850 g/mol. The van der Waals surface area contributed by atoms with E-state index < -0.39 is 152 Å². The predicted molar refractivity (Wildman–Crippen MR) is 373 cm³/mol. The zero-order chi connectivity index (χ0) is 79.6. The van der Waals surface area contributed by atoms with Crippen molar-refractivity contribution >= 4 is 185 Å². The van der Waals surface area contributed by atoms with E-state index in [1.807, 2.05) is 0 Å². The molecule has 0 saturated carbocycles. The van der Waals surface area contributed by atoms with E-state index in [2.05, 4.69) is 113 Å². The van der Waals surface area contributed by atoms with Gasteiger partial charge in [-0.2, -0.15) is 57.6 Å². The van der Waals surface area contributed by atoms with Gasteiger partial charge in [-0.25, -0.2) is 43.3 Å². The molecule has 1 amide bonds. The number of halogens is 8. The fourth-order valence-corrected chi connectivity index (χ4v) is 12.1. The number of hydrogen-bond donors (Lipinski definition) is 9. The fraction of sp³-hybridized carbons (Fsp3) is 0.0517. The van der Waals surface area contributed by atoms with Crippen LogP contribution in [-0.4, -0.2) is 134 Å². The third-order valence-electron chi connectivity index (χ3n) is 14.2. The molecule has 579 valence electrons. The molecule has 1 aliphatic rings. The number of carbonyl (C=O) groups excluding carboxylic acids is 1. The van der Waals surface area contributed by atoms with E-state index >= 15 is 0 Å². The van der Waals surface area contributed by atoms with E-state index in [9.17, 15) is 89.2 Å². The summed E-state index contributed by atoms with van der Waals surface area (Å²) in [4.78, 5) is 59.8. The molecule has 1 unspecified atom stereocenters. The summed E-state index contributed by atoms with van der Waals surface area (Å²) in [6, 6.07) is 22.6. The Hall–Kier alpha value is -6.56. The van der Waals surface area contributed by atoms with Crippen molar-refractivity contribution in [2.75, 3.05) is 31.6 Å². The summed E-state index contributed by atoms with van der Waals surface area (Å²) >= 11 is 23.8. The van der Waals surface area contributed by atoms with Crippen molar-refractivity contribution in [1.82, 2.24) is 65.0 Å². The van der Waals surface area contributed by atoms with Gasteiger partial charge in [0.25, 0.3) is 5.56 Å². The largest absolute Gasteiger partial charge is 1.00 e. The molecule has 12 rings (SSSR count). The van der Waals surface area contributed by atoms with Crippen LogP contribution in [0.15, 0.2) is 166 Å². The van der Waals surface area contributed by atoms with E-state index in [-0.39, 0.29) is 234 Å². The molecule has 1 aliphatic heterocycles. The van der Waals surface area contributed by atoms with Gasteiger partial charge in [0.2, 0.25) is 29.1 Å². The molecular weight excluding hydrogens is 1810 g/mol. The van der Waals surface area contributed by atoms with E-state index in [4.69, 9.17) is 46.4 Å². The molecule has 11 aromatic rings. The monoisotopic (exact) mass is 1840 g/mol. The first-order chi connectivity index (χ1) is 51.7. The maximum Gasteiger partial charge on any atom is 1.00 e. The van der Waals surface area contributed by atoms with Crippen molar-refractivity contribution < 1.29 is 249 Å². The van der Waals surface area contributed by atoms with Crippen LogP contribution in [0.5, 0.6) is 11.5 Å². The number of azo groups is 2. The zero-order valence-electron chi connectivity index (χ0n) is 59.3. The minimum absolute atomic E-state index is 0. The summed E-state index contributed by atoms with van der Waals surface area (Å²) in [6.45, 7) is 3.10. The molecule has 9 N–H and O–H groups in total. The van der Waals surface area contributed by atoms with Gasteiger partial charge in [-0.15, -0.1) is 16.3 Å². The van der Waals surface area contributed by atoms with Gasteiger partial charge in [0.05, 0.1) is 42.3 Å². The summed E-state index contributed by atoms with van der Waals surface area (Å²) < 4.78 is 196. The van der Waals surface area contributed by atoms with Crippen molar-refractivity contribution in [2.24, 2.45) is 20.5 Å². The Bertz CT molecular complexity index is 6180. The number of hydrazine groups is 1. The molecule has 58 heteroatoms. The quantitative estimate of drug-likeness (QED) is 0.00586. The van der Waals surface area contributed by atoms with Crippen molar-refractivity contribution in [2.45, 2.75) is 39.5 Å². The number of anilines is 11. The normalized spacial score (nSPS) is 12.7. The minimum atomic E-state index is -5.13. The molecule has 1 fully saturated rings. The Morgan fingerprint density at radius 1 is 0.517 bits per heavy atom. The van der Waals surface area contributed by atoms with Crippen LogP contribution in [0, 0.1) is 37.0 Å². The summed E-state index contributed by atoms with van der Waals surface area (Å²) in [6.07, 6.45) is -2.89. The van der Waals surface area contributed by atoms with Crippen molar-refractivity contribution in [3.05, 3.63) is 193 Å². The predicted octanol–water partition coefficient (Wildman–Crippen LogP) is -4.65. The molecule has 0 bridgehead atoms. The summed E-state index contributed by atoms with van der Waals surface area (Å²) in [7, 11) is -19.9. The Morgan fingerprint density at radius 2 is 0.966 bits per heavy atom. The minimum Gasteiger partial charge on any atom is -0.744 e. The summed E-state index contributed by atoms with van der Waals surface area (Å²) in [5.74, 6) is -6.52. The zero-order valence-corrected chi connectivity index (χ0v) is 76.7. The van der Waals surface area contributed by atoms with Gasteiger partial charge in [-0.3, -0.25) is 20.3 Å². The number of hydrogen-bond acceptors (Lipinski definition) is 36. The first-order valence-electron chi connectivity index (χ1n) is 29.5. The van der Waals surface area contributed by atoms with Crippen LogP contribution in [0.3, 0.4) is 0 Å². The van der Waals surface area contributed by atoms with Gasteiger partial charge in [-0.05, 0) is 140 Å². The molecule has 116 heavy (non-hydrogen) atoms. The SMILES string of the molecule is CC1NN(c2ccc(Nc3nc(Cl)nc(Nc4cc(Nc5nc(F)nc(F)c5Cl)ccc4S(=O)(=O)[O-])n3)cc2)C(=O)[C-]1N=Nc1cc(S(=O)(=O)[O-])ccc1O.Cc1[nH]n(-c2ccc(Nc3nc(Cl)nc([N-]c4cc(Nc5nc(F)nc(F)c5Cl)ccc4S(=O)(=O)[O-])n3)cc2)c(=O)c1N=Nc1cc(S(=O)(=O)[O-])ccc1O.[Co].[Na+].[Na+].[Na+].[Na+].[Na+]. The molecular formula is C58H36Cl4CoF4N24Na5O16S4-. The second-order valence-electron chi connectivity index (χ2n) is 21.7. The van der Waals surface area contributed by atoms with Gasteiger partial charge in [0.1, 0.15) is 79.3 Å². The molecule has 1 atom stereocenters. The third-order valence-corrected chi connectivity index (χ3v) is 18.6. The number of aromatic nitrogens is 12. The first kappa shape index (κ1) is 100. The molecule has 6 heterocycles. The Balaban J connectivity index is 0.000000393. The van der Waals surface area contributed by atoms with Gasteiger partial charge in [-0.1, -0.05) is 47.8 Å². The Kier molecular flexibility index (Phi) is 35.9. The number of carbonyl (C=O) groups is 1. The van der Waals surface area contributed by atoms with E-state index in [1.165, 1.54) is 55.5 Å². The standard InChI is InChI=1S/C29H21Cl2F2N12O8S2.C29H20Cl2F2N12O8S2.Co.5Na/c2*1-12-22(43-42-17-11-16(54(48,49)50)7-8-19(17)46)25(47)45(44-12)15-5-2-13(3-6-15)35-28-39-26(31)40-29(41-28)36-18-10-14(4-9-20(18)55(51,52)53)34-24-21(30)23(32)37-27(33)38-24;;;;;;/h2-12,44,46H,1H3,(H,34,37,38)(H,48,49,50)(H,51,52,53)(H2,35,36,39,40,41);2-11H,1H3,(H7,34,35,36,37,38,39,40,41,42,43,44,46,47,48,49,50,51,52,53);;;;;;/q-1;;;5*+1/p-5. The number of rotatable bonds is 22. The topological polar surface area (TPSA) is 592 Å². The van der Waals surface area contributed by atoms with Crippen LogP contribution in [0.2, 0.25) is 20.6 Å². The molecule has 6 aromatic carbocycles. The maximum atomic E-state index is 13.8. The van der Waals surface area contributed by atoms with Crippen molar-refractivity contribution in [3.63, 3.8) is 0 Å². The average Bonchev–Trinajstić information content (AvgIpc) is 1.60. The number of phenols is 2. The Morgan fingerprint density at radius 3 is 1.47 bits per heavy atom. The Labute approximate surface area is 791 Å². The number of aromatic amines is 1. The van der Waals surface area contributed by atoms with Gasteiger partial charge in [0, 0.05) is 51.2 Å². The number of nitrogens with one attached hydrogen (secondary N) is 7. The summed E-state index contributed by atoms with van der Waals surface area (Å²) in [5, 5.41) is 54.3. The second-order valence-corrected chi connectivity index (χ2v) is 28.6. The van der Waals surface area contributed by atoms with Crippen LogP contribution in [0.4, 0.5) is 110 Å². The summed E-state index contributed by atoms with van der Waals surface area (Å²) in [5.41, 5.74) is 1.93. The number of amides is 1. The number of aromatic hydroxyl groups is 2. The van der Waals surface area contributed by atoms with Crippen molar-refractivity contribution in [1.29, 1.82) is 0 Å². The van der Waals surface area contributed by atoms with Crippen LogP contribution in [0.25, 0.3) is 11.0 Å². The first-order valence-corrected chi connectivity index (χ1v) is 36.6. The van der Waals surface area contributed by atoms with Crippen LogP contribution < -0.4 is 190 Å². The van der Waals surface area contributed by atoms with Gasteiger partial charge < -0.3 is 80.2 Å². The number of nitrogens with zero attached hydrogens (tertiary/aromatic N) is 17. The molecule has 0 aliphatic carbocycles. The smallest absolute Gasteiger partial charge is 0.744 e.